The summed E-state index contributed by atoms with van der Waals surface area (Å²) in [6.45, 7) is 2.33. The van der Waals surface area contributed by atoms with E-state index in [1.165, 1.54) is 56.9 Å². The van der Waals surface area contributed by atoms with E-state index >= 15 is 8.78 Å². The Bertz CT molecular complexity index is 1850. The third-order valence-corrected chi connectivity index (χ3v) is 9.83. The van der Waals surface area contributed by atoms with E-state index in [2.05, 4.69) is 9.88 Å². The first-order valence-corrected chi connectivity index (χ1v) is 16.8. The summed E-state index contributed by atoms with van der Waals surface area (Å²) in [6, 6.07) is 14.6. The van der Waals surface area contributed by atoms with Crippen molar-refractivity contribution in [2.75, 3.05) is 38.8 Å². The molecule has 0 saturated carbocycles. The number of methoxy groups -OCH3 is 2. The maximum Gasteiger partial charge on any atom is 0.415 e. The first kappa shape index (κ1) is 35.4. The molecular formula is C37H35Cl2F2N3O6. The topological polar surface area (TPSA) is 90.4 Å². The normalized spacial score (nSPS) is 18.6. The zero-order valence-corrected chi connectivity index (χ0v) is 28.9. The fourth-order valence-corrected chi connectivity index (χ4v) is 6.98. The lowest BCUT2D eigenvalue weighted by molar-refractivity contribution is -0.0311. The molecule has 0 radical (unpaired) electrons. The van der Waals surface area contributed by atoms with Crippen LogP contribution in [0.25, 0.3) is 0 Å². The van der Waals surface area contributed by atoms with Gasteiger partial charge in [-0.15, -0.1) is 0 Å². The maximum absolute atomic E-state index is 15.4. The number of carbonyl (C=O) groups excluding carboxylic acids is 2. The van der Waals surface area contributed by atoms with Crippen molar-refractivity contribution < 1.29 is 37.3 Å². The lowest BCUT2D eigenvalue weighted by Crippen LogP contribution is -2.53. The van der Waals surface area contributed by atoms with Crippen LogP contribution >= 0.6 is 23.2 Å². The molecule has 3 saturated heterocycles. The highest BCUT2D eigenvalue weighted by Crippen LogP contribution is 2.36. The zero-order valence-electron chi connectivity index (χ0n) is 27.4. The molecule has 2 bridgehead atoms. The monoisotopic (exact) mass is 725 g/mol. The molecule has 0 spiro atoms. The highest BCUT2D eigenvalue weighted by molar-refractivity contribution is 6.35. The van der Waals surface area contributed by atoms with Crippen LogP contribution in [-0.4, -0.2) is 61.9 Å². The second-order valence-corrected chi connectivity index (χ2v) is 13.0. The number of piperidine rings is 3. The lowest BCUT2D eigenvalue weighted by Gasteiger charge is -2.44. The van der Waals surface area contributed by atoms with Crippen molar-refractivity contribution in [2.24, 2.45) is 5.92 Å². The second kappa shape index (κ2) is 15.6. The molecule has 3 aromatic carbocycles. The van der Waals surface area contributed by atoms with Crippen molar-refractivity contribution >= 4 is 41.0 Å². The van der Waals surface area contributed by atoms with Crippen LogP contribution in [0.2, 0.25) is 10.0 Å². The van der Waals surface area contributed by atoms with Gasteiger partial charge in [0, 0.05) is 25.4 Å². The summed E-state index contributed by atoms with van der Waals surface area (Å²) >= 11 is 12.8. The highest BCUT2D eigenvalue weighted by Gasteiger charge is 2.38. The van der Waals surface area contributed by atoms with Gasteiger partial charge >= 0.3 is 12.1 Å². The Balaban J connectivity index is 1.28. The van der Waals surface area contributed by atoms with Gasteiger partial charge in [-0.2, -0.15) is 0 Å². The van der Waals surface area contributed by atoms with Crippen LogP contribution in [0.4, 0.5) is 19.3 Å². The Morgan fingerprint density at radius 3 is 2.32 bits per heavy atom. The molecule has 3 fully saturated rings. The van der Waals surface area contributed by atoms with Crippen molar-refractivity contribution in [1.29, 1.82) is 0 Å². The quantitative estimate of drug-likeness (QED) is 0.144. The van der Waals surface area contributed by atoms with E-state index in [4.69, 9.17) is 42.1 Å². The summed E-state index contributed by atoms with van der Waals surface area (Å²) in [5.41, 5.74) is 0.909. The van der Waals surface area contributed by atoms with Crippen LogP contribution in [-0.2, 0) is 22.4 Å². The molecule has 13 heteroatoms. The van der Waals surface area contributed by atoms with Gasteiger partial charge < -0.3 is 18.9 Å². The molecule has 3 aliphatic rings. The molecule has 7 rings (SSSR count). The molecule has 4 aromatic rings. The van der Waals surface area contributed by atoms with Crippen molar-refractivity contribution in [3.05, 3.63) is 117 Å². The van der Waals surface area contributed by atoms with Gasteiger partial charge in [0.05, 0.1) is 42.1 Å². The first-order valence-electron chi connectivity index (χ1n) is 16.1. The summed E-state index contributed by atoms with van der Waals surface area (Å²) in [5, 5.41) is 0.510. The fraction of sp³-hybridized carbons (Fsp3) is 0.324. The van der Waals surface area contributed by atoms with E-state index in [1.807, 2.05) is 0 Å². The molecule has 0 N–H and O–H groups in total. The Kier molecular flexibility index (Phi) is 11.1. The summed E-state index contributed by atoms with van der Waals surface area (Å²) in [7, 11) is 2.96. The average molecular weight is 727 g/mol. The molecule has 0 unspecified atom stereocenters. The third-order valence-electron chi connectivity index (χ3n) is 9.17. The molecule has 3 aliphatic heterocycles. The number of carbonyl (C=O) groups is 2. The Morgan fingerprint density at radius 2 is 1.66 bits per heavy atom. The summed E-state index contributed by atoms with van der Waals surface area (Å²) < 4.78 is 53.2. The highest BCUT2D eigenvalue weighted by atomic mass is 35.5. The number of benzene rings is 3. The predicted molar refractivity (Wildman–Crippen MR) is 184 cm³/mol. The Morgan fingerprint density at radius 1 is 0.940 bits per heavy atom. The van der Waals surface area contributed by atoms with Crippen molar-refractivity contribution in [3.63, 3.8) is 0 Å². The van der Waals surface area contributed by atoms with Gasteiger partial charge in [-0.3, -0.25) is 14.8 Å². The number of rotatable bonds is 11. The van der Waals surface area contributed by atoms with E-state index in [0.29, 0.717) is 34.7 Å². The number of ether oxygens (including phenoxy) is 4. The Labute approximate surface area is 298 Å². The van der Waals surface area contributed by atoms with Gasteiger partial charge in [0.15, 0.2) is 11.5 Å². The first-order chi connectivity index (χ1) is 24.1. The number of aromatic nitrogens is 1. The van der Waals surface area contributed by atoms with E-state index < -0.39 is 29.8 Å². The van der Waals surface area contributed by atoms with E-state index in [0.717, 1.165) is 36.9 Å². The zero-order chi connectivity index (χ0) is 35.4. The third kappa shape index (κ3) is 7.80. The summed E-state index contributed by atoms with van der Waals surface area (Å²) in [6.07, 6.45) is 2.64. The minimum atomic E-state index is -1.01. The van der Waals surface area contributed by atoms with Gasteiger partial charge in [0.25, 0.3) is 0 Å². The van der Waals surface area contributed by atoms with Gasteiger partial charge in [-0.25, -0.2) is 18.4 Å². The number of esters is 1. The SMILES string of the molecule is COc1ccc([C@H](Cc2c(Cl)cncc2Cl)OC(=O)c2cc(CN(C(=O)O[C@H]3CN4CCC3CC4)c3ccccc3F)ccc2F)cc1OC. The van der Waals surface area contributed by atoms with Crippen molar-refractivity contribution in [1.82, 2.24) is 9.88 Å². The number of hydrogen-bond donors (Lipinski definition) is 0. The number of amides is 1. The van der Waals surface area contributed by atoms with Crippen LogP contribution in [0.3, 0.4) is 0 Å². The molecule has 1 amide bonds. The molecule has 1 aromatic heterocycles. The van der Waals surface area contributed by atoms with Crippen molar-refractivity contribution in [2.45, 2.75) is 38.0 Å². The Hall–Kier alpha value is -4.45. The lowest BCUT2D eigenvalue weighted by atomic mass is 9.86. The molecule has 0 aliphatic carbocycles. The fourth-order valence-electron chi connectivity index (χ4n) is 6.46. The van der Waals surface area contributed by atoms with E-state index in [1.54, 1.807) is 24.3 Å². The number of fused-ring (bicyclic) bond motifs is 3. The number of hydrogen-bond acceptors (Lipinski definition) is 8. The van der Waals surface area contributed by atoms with Crippen LogP contribution in [0.5, 0.6) is 11.5 Å². The minimum absolute atomic E-state index is 0.00754. The molecule has 4 heterocycles. The summed E-state index contributed by atoms with van der Waals surface area (Å²) in [4.78, 5) is 34.8. The summed E-state index contributed by atoms with van der Waals surface area (Å²) in [5.74, 6) is -1.41. The van der Waals surface area contributed by atoms with Gasteiger partial charge in [0.2, 0.25) is 0 Å². The van der Waals surface area contributed by atoms with Crippen LogP contribution < -0.4 is 14.4 Å². The average Bonchev–Trinajstić information content (AvgIpc) is 3.12. The van der Waals surface area contributed by atoms with Crippen LogP contribution in [0, 0.1) is 17.6 Å². The van der Waals surface area contributed by atoms with Gasteiger partial charge in [-0.05, 0) is 84.9 Å². The standard InChI is InChI=1S/C37H35Cl2F2N3O6/c1-47-32-10-8-24(16-34(32)48-2)33(17-25-27(38)18-42-19-28(25)39)49-36(45)26-15-22(7-9-29(26)40)20-44(31-6-4-3-5-30(31)41)37(46)50-35-21-43-13-11-23(35)12-14-43/h3-10,15-16,18-19,23,33,35H,11-14,17,20-21H2,1-2H3/t33-,35-/m0/s1. The van der Waals surface area contributed by atoms with Gasteiger partial charge in [-0.1, -0.05) is 47.5 Å². The molecule has 262 valence electrons. The molecule has 2 atom stereocenters. The smallest absolute Gasteiger partial charge is 0.415 e. The number of halogens is 4. The number of para-hydroxylation sites is 1. The minimum Gasteiger partial charge on any atom is -0.493 e. The van der Waals surface area contributed by atoms with Crippen molar-refractivity contribution in [3.8, 4) is 11.5 Å². The maximum atomic E-state index is 15.4. The van der Waals surface area contributed by atoms with Crippen LogP contribution in [0.15, 0.2) is 73.1 Å². The van der Waals surface area contributed by atoms with Crippen LogP contribution in [0.1, 0.15) is 46.0 Å². The number of pyridine rings is 1. The van der Waals surface area contributed by atoms with E-state index in [-0.39, 0.29) is 46.3 Å². The number of anilines is 1. The van der Waals surface area contributed by atoms with Gasteiger partial charge in [0.1, 0.15) is 23.8 Å². The number of nitrogens with zero attached hydrogens (tertiary/aromatic N) is 3. The largest absolute Gasteiger partial charge is 0.493 e. The molecular weight excluding hydrogens is 691 g/mol. The second-order valence-electron chi connectivity index (χ2n) is 12.2. The molecule has 9 nitrogen and oxygen atoms in total. The predicted octanol–water partition coefficient (Wildman–Crippen LogP) is 8.06. The van der Waals surface area contributed by atoms with E-state index in [9.17, 15) is 9.59 Å². The molecule has 50 heavy (non-hydrogen) atoms.